The number of ether oxygens (including phenoxy) is 2. The van der Waals surface area contributed by atoms with Gasteiger partial charge in [-0.1, -0.05) is 41.7 Å². The number of hydrogen-bond acceptors (Lipinski definition) is 7. The highest BCUT2D eigenvalue weighted by Gasteiger charge is 2.16. The summed E-state index contributed by atoms with van der Waals surface area (Å²) in [7, 11) is -0.561. The quantitative estimate of drug-likeness (QED) is 0.440. The summed E-state index contributed by atoms with van der Waals surface area (Å²) >= 11 is 1.24. The summed E-state index contributed by atoms with van der Waals surface area (Å²) < 4.78 is 37.3. The van der Waals surface area contributed by atoms with Crippen molar-refractivity contribution >= 4 is 43.3 Å². The number of aromatic nitrogens is 1. The van der Waals surface area contributed by atoms with E-state index in [1.54, 1.807) is 49.6 Å². The smallest absolute Gasteiger partial charge is 0.337 e. The molecule has 0 fully saturated rings. The van der Waals surface area contributed by atoms with Crippen LogP contribution in [0.2, 0.25) is 0 Å². The Labute approximate surface area is 190 Å². The maximum atomic E-state index is 12.5. The van der Waals surface area contributed by atoms with Crippen LogP contribution in [0.5, 0.6) is 0 Å². The molecule has 0 aliphatic rings. The topological polar surface area (TPSA) is 104 Å². The number of benzene rings is 2. The number of methoxy groups -OCH3 is 2. The summed E-state index contributed by atoms with van der Waals surface area (Å²) in [6.07, 6.45) is -0.207. The lowest BCUT2D eigenvalue weighted by atomic mass is 10.2. The molecule has 0 saturated carbocycles. The minimum Gasteiger partial charge on any atom is -0.465 e. The van der Waals surface area contributed by atoms with E-state index in [-0.39, 0.29) is 17.9 Å². The van der Waals surface area contributed by atoms with Crippen molar-refractivity contribution in [2.45, 2.75) is 18.7 Å². The second kappa shape index (κ2) is 10.7. The maximum Gasteiger partial charge on any atom is 0.337 e. The number of carbonyl (C=O) groups excluding carboxylic acids is 2. The first kappa shape index (κ1) is 23.8. The van der Waals surface area contributed by atoms with E-state index in [1.807, 2.05) is 10.6 Å². The van der Waals surface area contributed by atoms with Gasteiger partial charge in [0.1, 0.15) is 0 Å². The van der Waals surface area contributed by atoms with E-state index >= 15 is 0 Å². The van der Waals surface area contributed by atoms with Crippen LogP contribution in [0.15, 0.2) is 53.5 Å². The summed E-state index contributed by atoms with van der Waals surface area (Å²) in [6.45, 7) is 0.851. The number of fused-ring (bicyclic) bond motifs is 1. The van der Waals surface area contributed by atoms with Gasteiger partial charge in [0.25, 0.3) is 0 Å². The molecule has 1 amide bonds. The number of carbonyl (C=O) groups is 2. The van der Waals surface area contributed by atoms with E-state index in [1.165, 1.54) is 18.4 Å². The van der Waals surface area contributed by atoms with Crippen molar-refractivity contribution in [2.75, 3.05) is 26.6 Å². The van der Waals surface area contributed by atoms with Crippen LogP contribution >= 0.6 is 11.3 Å². The molecule has 0 bridgehead atoms. The Bertz CT molecular complexity index is 1280. The molecular weight excluding hydrogens is 452 g/mol. The Hall–Kier alpha value is -2.82. The Morgan fingerprint density at radius 2 is 1.84 bits per heavy atom. The van der Waals surface area contributed by atoms with Gasteiger partial charge in [0, 0.05) is 20.1 Å². The lowest BCUT2D eigenvalue weighted by molar-refractivity contribution is -0.117. The van der Waals surface area contributed by atoms with Crippen LogP contribution in [-0.2, 0) is 36.4 Å². The number of amides is 1. The van der Waals surface area contributed by atoms with Crippen molar-refractivity contribution in [3.05, 3.63) is 64.5 Å². The fourth-order valence-electron chi connectivity index (χ4n) is 3.11. The van der Waals surface area contributed by atoms with E-state index in [0.717, 1.165) is 10.2 Å². The zero-order valence-corrected chi connectivity index (χ0v) is 19.4. The summed E-state index contributed by atoms with van der Waals surface area (Å²) in [5, 5.41) is 0. The third-order valence-corrected chi connectivity index (χ3v) is 7.34. The van der Waals surface area contributed by atoms with E-state index in [2.05, 4.69) is 4.99 Å². The molecule has 0 N–H and O–H groups in total. The molecule has 0 unspecified atom stereocenters. The predicted octanol–water partition coefficient (Wildman–Crippen LogP) is 2.57. The lowest BCUT2D eigenvalue weighted by Crippen LogP contribution is -2.20. The van der Waals surface area contributed by atoms with Gasteiger partial charge in [0.15, 0.2) is 14.6 Å². The molecule has 0 saturated heterocycles. The van der Waals surface area contributed by atoms with Crippen LogP contribution in [0.1, 0.15) is 22.3 Å². The first-order chi connectivity index (χ1) is 15.3. The fraction of sp³-hybridized carbons (Fsp3) is 0.318. The van der Waals surface area contributed by atoms with Gasteiger partial charge in [0.2, 0.25) is 5.91 Å². The molecule has 170 valence electrons. The molecule has 8 nitrogen and oxygen atoms in total. The molecule has 10 heteroatoms. The third kappa shape index (κ3) is 6.12. The average molecular weight is 477 g/mol. The SMILES string of the molecule is COCCn1c(=NC(=O)CCS(=O)(=O)Cc2ccccc2)sc2cc(C(=O)OC)ccc21. The van der Waals surface area contributed by atoms with E-state index in [9.17, 15) is 18.0 Å². The molecule has 0 aliphatic heterocycles. The van der Waals surface area contributed by atoms with Crippen LogP contribution in [0.25, 0.3) is 10.2 Å². The molecule has 0 spiro atoms. The van der Waals surface area contributed by atoms with Crippen molar-refractivity contribution < 1.29 is 27.5 Å². The van der Waals surface area contributed by atoms with Crippen molar-refractivity contribution in [1.82, 2.24) is 4.57 Å². The predicted molar refractivity (Wildman–Crippen MR) is 122 cm³/mol. The minimum atomic E-state index is -3.44. The fourth-order valence-corrected chi connectivity index (χ4v) is 5.55. The van der Waals surface area contributed by atoms with Gasteiger partial charge in [-0.05, 0) is 23.8 Å². The van der Waals surface area contributed by atoms with E-state index < -0.39 is 21.7 Å². The van der Waals surface area contributed by atoms with Crippen LogP contribution in [-0.4, -0.2) is 51.4 Å². The lowest BCUT2D eigenvalue weighted by Gasteiger charge is -2.05. The molecule has 2 aromatic carbocycles. The van der Waals surface area contributed by atoms with Crippen molar-refractivity contribution in [2.24, 2.45) is 4.99 Å². The van der Waals surface area contributed by atoms with Crippen molar-refractivity contribution in [3.8, 4) is 0 Å². The Morgan fingerprint density at radius 1 is 1.09 bits per heavy atom. The number of hydrogen-bond donors (Lipinski definition) is 0. The standard InChI is InChI=1S/C22H24N2O6S2/c1-29-12-11-24-18-9-8-17(21(26)30-2)14-19(18)31-22(24)23-20(25)10-13-32(27,28)15-16-6-4-3-5-7-16/h3-9,14H,10-13,15H2,1-2H3. The van der Waals surface area contributed by atoms with Crippen molar-refractivity contribution in [1.29, 1.82) is 0 Å². The monoisotopic (exact) mass is 476 g/mol. The number of esters is 1. The number of sulfone groups is 1. The highest BCUT2D eigenvalue weighted by atomic mass is 32.2. The summed E-state index contributed by atoms with van der Waals surface area (Å²) in [5.74, 6) is -1.37. The molecule has 1 heterocycles. The zero-order chi connectivity index (χ0) is 23.1. The van der Waals surface area contributed by atoms with Gasteiger partial charge in [-0.2, -0.15) is 4.99 Å². The van der Waals surface area contributed by atoms with Gasteiger partial charge in [-0.3, -0.25) is 4.79 Å². The molecule has 0 atom stereocenters. The number of nitrogens with zero attached hydrogens (tertiary/aromatic N) is 2. The average Bonchev–Trinajstić information content (AvgIpc) is 3.12. The molecule has 3 aromatic rings. The first-order valence-electron chi connectivity index (χ1n) is 9.85. The van der Waals surface area contributed by atoms with Gasteiger partial charge < -0.3 is 14.0 Å². The van der Waals surface area contributed by atoms with E-state index in [0.29, 0.717) is 29.1 Å². The molecule has 3 rings (SSSR count). The zero-order valence-electron chi connectivity index (χ0n) is 17.8. The normalized spacial score (nSPS) is 12.2. The molecule has 1 aromatic heterocycles. The van der Waals surface area contributed by atoms with E-state index in [4.69, 9.17) is 9.47 Å². The largest absolute Gasteiger partial charge is 0.465 e. The minimum absolute atomic E-state index is 0.117. The summed E-state index contributed by atoms with van der Waals surface area (Å²) in [5.41, 5.74) is 1.87. The highest BCUT2D eigenvalue weighted by molar-refractivity contribution is 7.90. The molecule has 0 radical (unpaired) electrons. The van der Waals surface area contributed by atoms with Gasteiger partial charge in [0.05, 0.1) is 41.0 Å². The molecule has 32 heavy (non-hydrogen) atoms. The Kier molecular flexibility index (Phi) is 7.94. The van der Waals surface area contributed by atoms with Crippen LogP contribution in [0, 0.1) is 0 Å². The van der Waals surface area contributed by atoms with Crippen LogP contribution in [0.4, 0.5) is 0 Å². The number of thiazole rings is 1. The Morgan fingerprint density at radius 3 is 2.53 bits per heavy atom. The van der Waals surface area contributed by atoms with Crippen LogP contribution in [0.3, 0.4) is 0 Å². The second-order valence-electron chi connectivity index (χ2n) is 7.04. The van der Waals surface area contributed by atoms with Crippen LogP contribution < -0.4 is 4.80 Å². The van der Waals surface area contributed by atoms with Gasteiger partial charge in [-0.25, -0.2) is 13.2 Å². The van der Waals surface area contributed by atoms with Crippen molar-refractivity contribution in [3.63, 3.8) is 0 Å². The van der Waals surface area contributed by atoms with Gasteiger partial charge >= 0.3 is 5.97 Å². The maximum absolute atomic E-state index is 12.5. The first-order valence-corrected chi connectivity index (χ1v) is 12.5. The Balaban J connectivity index is 1.83. The second-order valence-corrected chi connectivity index (χ2v) is 10.2. The summed E-state index contributed by atoms with van der Waals surface area (Å²) in [6, 6.07) is 13.9. The number of rotatable bonds is 9. The highest BCUT2D eigenvalue weighted by Crippen LogP contribution is 2.20. The third-order valence-electron chi connectivity index (χ3n) is 4.70. The van der Waals surface area contributed by atoms with Gasteiger partial charge in [-0.15, -0.1) is 0 Å². The molecule has 0 aliphatic carbocycles. The molecular formula is C22H24N2O6S2. The summed E-state index contributed by atoms with van der Waals surface area (Å²) in [4.78, 5) is 28.9.